The van der Waals surface area contributed by atoms with E-state index in [1.807, 2.05) is 24.3 Å². The fourth-order valence-electron chi connectivity index (χ4n) is 2.98. The Morgan fingerprint density at radius 3 is 2.41 bits per heavy atom. The lowest BCUT2D eigenvalue weighted by Crippen LogP contribution is -2.49. The lowest BCUT2D eigenvalue weighted by Gasteiger charge is -2.35. The first-order valence-corrected chi connectivity index (χ1v) is 8.84. The van der Waals surface area contributed by atoms with Crippen molar-refractivity contribution in [1.82, 2.24) is 25.1 Å². The van der Waals surface area contributed by atoms with Gasteiger partial charge in [0.25, 0.3) is 11.7 Å². The number of para-hydroxylation sites is 1. The van der Waals surface area contributed by atoms with E-state index in [1.165, 1.54) is 29.1 Å². The minimum absolute atomic E-state index is 0.0190. The first-order chi connectivity index (χ1) is 13.1. The summed E-state index contributed by atoms with van der Waals surface area (Å²) in [5.74, 6) is -0.612. The Labute approximate surface area is 159 Å². The molecule has 1 saturated heterocycles. The predicted octanol–water partition coefficient (Wildman–Crippen LogP) is 2.42. The summed E-state index contributed by atoms with van der Waals surface area (Å²) in [5.41, 5.74) is 1.50. The van der Waals surface area contributed by atoms with Crippen molar-refractivity contribution in [3.63, 3.8) is 0 Å². The SMILES string of the molecule is O=C(c1nnn(-c2ccc(F)cc2)n1)N1CCN(c2ccccc2Cl)CC1. The molecule has 0 saturated carbocycles. The van der Waals surface area contributed by atoms with E-state index in [2.05, 4.69) is 20.3 Å². The maximum absolute atomic E-state index is 13.0. The number of carbonyl (C=O) groups is 1. The van der Waals surface area contributed by atoms with Gasteiger partial charge < -0.3 is 9.80 Å². The van der Waals surface area contributed by atoms with Crippen molar-refractivity contribution >= 4 is 23.2 Å². The Morgan fingerprint density at radius 2 is 1.70 bits per heavy atom. The zero-order valence-electron chi connectivity index (χ0n) is 14.3. The molecule has 1 aliphatic heterocycles. The summed E-state index contributed by atoms with van der Waals surface area (Å²) in [6, 6.07) is 13.3. The van der Waals surface area contributed by atoms with Crippen LogP contribution >= 0.6 is 11.6 Å². The molecule has 1 fully saturated rings. The topological polar surface area (TPSA) is 67.2 Å². The summed E-state index contributed by atoms with van der Waals surface area (Å²) in [6.07, 6.45) is 0. The number of halogens is 2. The van der Waals surface area contributed by atoms with Gasteiger partial charge in [-0.1, -0.05) is 23.7 Å². The van der Waals surface area contributed by atoms with Crippen molar-refractivity contribution in [1.29, 1.82) is 0 Å². The van der Waals surface area contributed by atoms with E-state index in [0.29, 0.717) is 36.9 Å². The predicted molar refractivity (Wildman–Crippen MR) is 98.7 cm³/mol. The van der Waals surface area contributed by atoms with Crippen molar-refractivity contribution in [3.8, 4) is 5.69 Å². The molecule has 2 heterocycles. The highest BCUT2D eigenvalue weighted by atomic mass is 35.5. The fraction of sp³-hybridized carbons (Fsp3) is 0.222. The average molecular weight is 387 g/mol. The fourth-order valence-corrected chi connectivity index (χ4v) is 3.24. The van der Waals surface area contributed by atoms with E-state index in [4.69, 9.17) is 11.6 Å². The second-order valence-corrected chi connectivity index (χ2v) is 6.52. The van der Waals surface area contributed by atoms with Crippen LogP contribution < -0.4 is 4.90 Å². The first-order valence-electron chi connectivity index (χ1n) is 8.46. The molecule has 0 unspecified atom stereocenters. The summed E-state index contributed by atoms with van der Waals surface area (Å²) >= 11 is 6.25. The van der Waals surface area contributed by atoms with Gasteiger partial charge in [0.05, 0.1) is 16.4 Å². The molecule has 7 nitrogen and oxygen atoms in total. The number of piperazine rings is 1. The molecule has 1 aliphatic rings. The number of amides is 1. The highest BCUT2D eigenvalue weighted by Gasteiger charge is 2.26. The molecule has 3 aromatic rings. The second-order valence-electron chi connectivity index (χ2n) is 6.11. The van der Waals surface area contributed by atoms with Crippen molar-refractivity contribution in [3.05, 3.63) is 65.2 Å². The molecule has 27 heavy (non-hydrogen) atoms. The van der Waals surface area contributed by atoms with Gasteiger partial charge in [-0.15, -0.1) is 15.0 Å². The van der Waals surface area contributed by atoms with Gasteiger partial charge in [-0.3, -0.25) is 4.79 Å². The Kier molecular flexibility index (Phi) is 4.72. The summed E-state index contributed by atoms with van der Waals surface area (Å²) in [6.45, 7) is 2.41. The van der Waals surface area contributed by atoms with E-state index >= 15 is 0 Å². The lowest BCUT2D eigenvalue weighted by molar-refractivity contribution is 0.0734. The Morgan fingerprint density at radius 1 is 1.00 bits per heavy atom. The van der Waals surface area contributed by atoms with E-state index in [0.717, 1.165) is 5.69 Å². The van der Waals surface area contributed by atoms with Crippen LogP contribution in [0.15, 0.2) is 48.5 Å². The smallest absolute Gasteiger partial charge is 0.295 e. The van der Waals surface area contributed by atoms with E-state index in [1.54, 1.807) is 4.90 Å². The highest BCUT2D eigenvalue weighted by molar-refractivity contribution is 6.33. The van der Waals surface area contributed by atoms with Gasteiger partial charge >= 0.3 is 0 Å². The maximum Gasteiger partial charge on any atom is 0.295 e. The molecular formula is C18H16ClFN6O. The van der Waals surface area contributed by atoms with Crippen LogP contribution in [0, 0.1) is 5.82 Å². The second kappa shape index (κ2) is 7.32. The van der Waals surface area contributed by atoms with Gasteiger partial charge in [-0.05, 0) is 41.6 Å². The van der Waals surface area contributed by atoms with Crippen LogP contribution in [-0.4, -0.2) is 57.2 Å². The maximum atomic E-state index is 13.0. The summed E-state index contributed by atoms with van der Waals surface area (Å²) < 4.78 is 13.0. The molecular weight excluding hydrogens is 371 g/mol. The molecule has 0 bridgehead atoms. The van der Waals surface area contributed by atoms with E-state index in [9.17, 15) is 9.18 Å². The Hall–Kier alpha value is -3.00. The number of tetrazole rings is 1. The average Bonchev–Trinajstić information content (AvgIpc) is 3.19. The molecule has 4 rings (SSSR count). The minimum atomic E-state index is -0.355. The van der Waals surface area contributed by atoms with Gasteiger partial charge in [0.15, 0.2) is 0 Å². The van der Waals surface area contributed by atoms with Crippen LogP contribution in [0.2, 0.25) is 5.02 Å². The van der Waals surface area contributed by atoms with E-state index < -0.39 is 0 Å². The van der Waals surface area contributed by atoms with Gasteiger partial charge in [0.2, 0.25) is 0 Å². The molecule has 9 heteroatoms. The largest absolute Gasteiger partial charge is 0.367 e. The third-order valence-electron chi connectivity index (χ3n) is 4.42. The summed E-state index contributed by atoms with van der Waals surface area (Å²) in [4.78, 5) is 17.7. The van der Waals surface area contributed by atoms with Crippen LogP contribution in [0.25, 0.3) is 5.69 Å². The molecule has 0 atom stereocenters. The molecule has 0 spiro atoms. The third kappa shape index (κ3) is 3.61. The van der Waals surface area contributed by atoms with Gasteiger partial charge in [-0.25, -0.2) is 4.39 Å². The molecule has 1 aromatic heterocycles. The number of carbonyl (C=O) groups excluding carboxylic acids is 1. The van der Waals surface area contributed by atoms with Gasteiger partial charge in [0, 0.05) is 26.2 Å². The van der Waals surface area contributed by atoms with Crippen LogP contribution in [0.3, 0.4) is 0 Å². The normalized spacial score (nSPS) is 14.4. The third-order valence-corrected chi connectivity index (χ3v) is 4.74. The van der Waals surface area contributed by atoms with Crippen molar-refractivity contribution in [2.75, 3.05) is 31.1 Å². The molecule has 1 amide bonds. The number of anilines is 1. The van der Waals surface area contributed by atoms with Crippen molar-refractivity contribution in [2.45, 2.75) is 0 Å². The van der Waals surface area contributed by atoms with Crippen LogP contribution in [-0.2, 0) is 0 Å². The number of benzene rings is 2. The summed E-state index contributed by atoms with van der Waals surface area (Å²) in [5, 5.41) is 12.5. The lowest BCUT2D eigenvalue weighted by atomic mass is 10.2. The number of aromatic nitrogens is 4. The number of nitrogens with zero attached hydrogens (tertiary/aromatic N) is 6. The van der Waals surface area contributed by atoms with Crippen LogP contribution in [0.4, 0.5) is 10.1 Å². The molecule has 138 valence electrons. The molecule has 0 aliphatic carbocycles. The Balaban J connectivity index is 1.43. The Bertz CT molecular complexity index is 952. The number of hydrogen-bond acceptors (Lipinski definition) is 5. The number of rotatable bonds is 3. The van der Waals surface area contributed by atoms with Crippen molar-refractivity contribution in [2.24, 2.45) is 0 Å². The quantitative estimate of drug-likeness (QED) is 0.691. The van der Waals surface area contributed by atoms with Crippen molar-refractivity contribution < 1.29 is 9.18 Å². The van der Waals surface area contributed by atoms with Crippen LogP contribution in [0.5, 0.6) is 0 Å². The first kappa shape index (κ1) is 17.4. The molecule has 0 radical (unpaired) electrons. The molecule has 2 aromatic carbocycles. The standard InChI is InChI=1S/C18H16ClFN6O/c19-15-3-1-2-4-16(15)24-9-11-25(12-10-24)18(27)17-21-23-26(22-17)14-7-5-13(20)6-8-14/h1-8H,9-12H2. The minimum Gasteiger partial charge on any atom is -0.367 e. The zero-order valence-corrected chi connectivity index (χ0v) is 15.1. The zero-order chi connectivity index (χ0) is 18.8. The number of hydrogen-bond donors (Lipinski definition) is 0. The van der Waals surface area contributed by atoms with Gasteiger partial charge in [0.1, 0.15) is 5.82 Å². The highest BCUT2D eigenvalue weighted by Crippen LogP contribution is 2.26. The van der Waals surface area contributed by atoms with E-state index in [-0.39, 0.29) is 17.5 Å². The summed E-state index contributed by atoms with van der Waals surface area (Å²) in [7, 11) is 0. The van der Waals surface area contributed by atoms with Gasteiger partial charge in [-0.2, -0.15) is 0 Å². The van der Waals surface area contributed by atoms with Crippen LogP contribution in [0.1, 0.15) is 10.6 Å². The molecule has 0 N–H and O–H groups in total. The monoisotopic (exact) mass is 386 g/mol.